The fourth-order valence-corrected chi connectivity index (χ4v) is 3.76. The van der Waals surface area contributed by atoms with Crippen molar-refractivity contribution in [1.82, 2.24) is 10.3 Å². The van der Waals surface area contributed by atoms with Crippen molar-refractivity contribution in [3.63, 3.8) is 0 Å². The molecular weight excluding hydrogens is 386 g/mol. The highest BCUT2D eigenvalue weighted by Crippen LogP contribution is 2.20. The molecule has 1 amide bonds. The van der Waals surface area contributed by atoms with E-state index in [1.54, 1.807) is 6.21 Å². The molecule has 0 fully saturated rings. The number of amides is 1. The number of rotatable bonds is 7. The van der Waals surface area contributed by atoms with Crippen molar-refractivity contribution in [3.8, 4) is 5.75 Å². The van der Waals surface area contributed by atoms with Crippen LogP contribution in [0.25, 0.3) is 0 Å². The van der Waals surface area contributed by atoms with E-state index in [0.29, 0.717) is 12.2 Å². The molecule has 5 nitrogen and oxygen atoms in total. The van der Waals surface area contributed by atoms with Gasteiger partial charge in [-0.25, -0.2) is 5.43 Å². The van der Waals surface area contributed by atoms with Gasteiger partial charge in [-0.15, -0.1) is 0 Å². The van der Waals surface area contributed by atoms with E-state index in [-0.39, 0.29) is 5.91 Å². The van der Waals surface area contributed by atoms with E-state index in [2.05, 4.69) is 39.7 Å². The zero-order valence-corrected chi connectivity index (χ0v) is 17.8. The SMILES string of the molecule is CCOc1ccc(/C=N\NC(=O)c2ccc(CN3CCc4ccccc4C3)cc2)cc1. The van der Waals surface area contributed by atoms with Crippen LogP contribution in [0.3, 0.4) is 0 Å². The van der Waals surface area contributed by atoms with Gasteiger partial charge in [-0.1, -0.05) is 36.4 Å². The highest BCUT2D eigenvalue weighted by molar-refractivity contribution is 5.94. The van der Waals surface area contributed by atoms with Gasteiger partial charge in [0.25, 0.3) is 5.91 Å². The van der Waals surface area contributed by atoms with Crippen LogP contribution in [0.15, 0.2) is 77.9 Å². The third-order valence-electron chi connectivity index (χ3n) is 5.40. The lowest BCUT2D eigenvalue weighted by molar-refractivity contribution is 0.0955. The lowest BCUT2D eigenvalue weighted by Gasteiger charge is -2.28. The molecule has 3 aromatic rings. The van der Waals surface area contributed by atoms with E-state index < -0.39 is 0 Å². The van der Waals surface area contributed by atoms with E-state index in [4.69, 9.17) is 4.74 Å². The van der Waals surface area contributed by atoms with Crippen LogP contribution in [-0.4, -0.2) is 30.2 Å². The number of hydrogen-bond acceptors (Lipinski definition) is 4. The first kappa shape index (κ1) is 20.8. The maximum atomic E-state index is 12.4. The van der Waals surface area contributed by atoms with Gasteiger partial charge in [0.2, 0.25) is 0 Å². The lowest BCUT2D eigenvalue weighted by Crippen LogP contribution is -2.30. The molecule has 0 aromatic heterocycles. The number of carbonyl (C=O) groups is 1. The highest BCUT2D eigenvalue weighted by atomic mass is 16.5. The van der Waals surface area contributed by atoms with Crippen molar-refractivity contribution >= 4 is 12.1 Å². The van der Waals surface area contributed by atoms with Crippen LogP contribution < -0.4 is 10.2 Å². The Labute approximate surface area is 183 Å². The number of carbonyl (C=O) groups excluding carboxylic acids is 1. The van der Waals surface area contributed by atoms with Crippen LogP contribution >= 0.6 is 0 Å². The molecule has 3 aromatic carbocycles. The average Bonchev–Trinajstić information content (AvgIpc) is 2.81. The summed E-state index contributed by atoms with van der Waals surface area (Å²) in [6.07, 6.45) is 2.71. The second kappa shape index (κ2) is 10.0. The fourth-order valence-electron chi connectivity index (χ4n) is 3.76. The molecular formula is C26H27N3O2. The number of ether oxygens (including phenoxy) is 1. The van der Waals surface area contributed by atoms with Gasteiger partial charge in [-0.3, -0.25) is 9.69 Å². The molecule has 0 radical (unpaired) electrons. The Morgan fingerprint density at radius 3 is 2.52 bits per heavy atom. The number of nitrogens with one attached hydrogen (secondary N) is 1. The molecule has 1 aliphatic rings. The second-order valence-electron chi connectivity index (χ2n) is 7.63. The molecule has 0 atom stereocenters. The zero-order chi connectivity index (χ0) is 21.5. The summed E-state index contributed by atoms with van der Waals surface area (Å²) in [6, 6.07) is 24.0. The van der Waals surface area contributed by atoms with Crippen molar-refractivity contribution in [2.75, 3.05) is 13.2 Å². The van der Waals surface area contributed by atoms with Gasteiger partial charge in [0.15, 0.2) is 0 Å². The zero-order valence-electron chi connectivity index (χ0n) is 17.8. The summed E-state index contributed by atoms with van der Waals surface area (Å²) in [5.41, 5.74) is 8.14. The number of fused-ring (bicyclic) bond motifs is 1. The summed E-state index contributed by atoms with van der Waals surface area (Å²) >= 11 is 0. The van der Waals surface area contributed by atoms with Gasteiger partial charge in [-0.05, 0) is 72.0 Å². The van der Waals surface area contributed by atoms with E-state index >= 15 is 0 Å². The van der Waals surface area contributed by atoms with Gasteiger partial charge in [0.05, 0.1) is 12.8 Å². The normalized spacial score (nSPS) is 13.7. The Morgan fingerprint density at radius 2 is 1.77 bits per heavy atom. The Morgan fingerprint density at radius 1 is 1.03 bits per heavy atom. The molecule has 0 spiro atoms. The Kier molecular flexibility index (Phi) is 6.75. The van der Waals surface area contributed by atoms with Crippen molar-refractivity contribution in [2.45, 2.75) is 26.4 Å². The van der Waals surface area contributed by atoms with Gasteiger partial charge >= 0.3 is 0 Å². The molecule has 0 saturated heterocycles. The molecule has 31 heavy (non-hydrogen) atoms. The van der Waals surface area contributed by atoms with Gasteiger partial charge in [0.1, 0.15) is 5.75 Å². The topological polar surface area (TPSA) is 53.9 Å². The summed E-state index contributed by atoms with van der Waals surface area (Å²) in [4.78, 5) is 14.8. The van der Waals surface area contributed by atoms with E-state index in [1.165, 1.54) is 16.7 Å². The minimum atomic E-state index is -0.222. The number of hydrogen-bond donors (Lipinski definition) is 1. The minimum Gasteiger partial charge on any atom is -0.494 e. The molecule has 1 N–H and O–H groups in total. The summed E-state index contributed by atoms with van der Waals surface area (Å²) in [5, 5.41) is 4.06. The maximum Gasteiger partial charge on any atom is 0.271 e. The molecule has 4 rings (SSSR count). The largest absolute Gasteiger partial charge is 0.494 e. The summed E-state index contributed by atoms with van der Waals surface area (Å²) in [7, 11) is 0. The molecule has 1 heterocycles. The number of nitrogens with zero attached hydrogens (tertiary/aromatic N) is 2. The smallest absolute Gasteiger partial charge is 0.271 e. The summed E-state index contributed by atoms with van der Waals surface area (Å²) in [5.74, 6) is 0.596. The highest BCUT2D eigenvalue weighted by Gasteiger charge is 2.15. The van der Waals surface area contributed by atoms with Crippen LogP contribution in [0.5, 0.6) is 5.75 Å². The van der Waals surface area contributed by atoms with Crippen LogP contribution in [0.4, 0.5) is 0 Å². The molecule has 0 bridgehead atoms. The predicted octanol–water partition coefficient (Wildman–Crippen LogP) is 4.41. The Balaban J connectivity index is 1.29. The predicted molar refractivity (Wildman–Crippen MR) is 123 cm³/mol. The van der Waals surface area contributed by atoms with Crippen LogP contribution in [0.1, 0.15) is 39.5 Å². The first-order valence-corrected chi connectivity index (χ1v) is 10.7. The fraction of sp³-hybridized carbons (Fsp3) is 0.231. The molecule has 0 saturated carbocycles. The van der Waals surface area contributed by atoms with Crippen molar-refractivity contribution in [2.24, 2.45) is 5.10 Å². The molecule has 158 valence electrons. The molecule has 0 aliphatic carbocycles. The lowest BCUT2D eigenvalue weighted by atomic mass is 9.99. The summed E-state index contributed by atoms with van der Waals surface area (Å²) < 4.78 is 5.42. The van der Waals surface area contributed by atoms with Crippen molar-refractivity contribution in [1.29, 1.82) is 0 Å². The minimum absolute atomic E-state index is 0.222. The second-order valence-corrected chi connectivity index (χ2v) is 7.63. The van der Waals surface area contributed by atoms with Crippen LogP contribution in [0.2, 0.25) is 0 Å². The van der Waals surface area contributed by atoms with Gasteiger partial charge in [0, 0.05) is 25.2 Å². The Hall–Kier alpha value is -3.44. The van der Waals surface area contributed by atoms with Crippen LogP contribution in [-0.2, 0) is 19.5 Å². The molecule has 1 aliphatic heterocycles. The molecule has 5 heteroatoms. The van der Waals surface area contributed by atoms with E-state index in [0.717, 1.165) is 37.4 Å². The van der Waals surface area contributed by atoms with E-state index in [9.17, 15) is 4.79 Å². The van der Waals surface area contributed by atoms with Crippen molar-refractivity contribution < 1.29 is 9.53 Å². The first-order chi connectivity index (χ1) is 15.2. The van der Waals surface area contributed by atoms with E-state index in [1.807, 2.05) is 55.5 Å². The van der Waals surface area contributed by atoms with Gasteiger partial charge in [-0.2, -0.15) is 5.10 Å². The van der Waals surface area contributed by atoms with Crippen molar-refractivity contribution in [3.05, 3.63) is 101 Å². The maximum absolute atomic E-state index is 12.4. The molecule has 0 unspecified atom stereocenters. The standard InChI is InChI=1S/C26H27N3O2/c1-2-31-25-13-9-20(10-14-25)17-27-28-26(30)23-11-7-21(8-12-23)18-29-16-15-22-5-3-4-6-24(22)19-29/h3-14,17H,2,15-16,18-19H2,1H3,(H,28,30)/b27-17-. The third kappa shape index (κ3) is 5.58. The van der Waals surface area contributed by atoms with Gasteiger partial charge < -0.3 is 4.74 Å². The monoisotopic (exact) mass is 413 g/mol. The Bertz CT molecular complexity index is 1040. The number of hydrazone groups is 1. The quantitative estimate of drug-likeness (QED) is 0.461. The third-order valence-corrected chi connectivity index (χ3v) is 5.40. The average molecular weight is 414 g/mol. The first-order valence-electron chi connectivity index (χ1n) is 10.7. The summed E-state index contributed by atoms with van der Waals surface area (Å²) in [6.45, 7) is 5.49. The number of benzene rings is 3. The van der Waals surface area contributed by atoms with Crippen LogP contribution in [0, 0.1) is 0 Å².